The van der Waals surface area contributed by atoms with Crippen LogP contribution in [-0.4, -0.2) is 24.6 Å². The molecule has 28 heavy (non-hydrogen) atoms. The summed E-state index contributed by atoms with van der Waals surface area (Å²) in [6.45, 7) is 7.90. The minimum Gasteiger partial charge on any atom is -0.462 e. The summed E-state index contributed by atoms with van der Waals surface area (Å²) in [7, 11) is 0. The Balaban J connectivity index is 2.06. The van der Waals surface area contributed by atoms with Gasteiger partial charge in [-0.3, -0.25) is 4.79 Å². The minimum absolute atomic E-state index is 0.134. The molecule has 0 bridgehead atoms. The van der Waals surface area contributed by atoms with E-state index in [1.54, 1.807) is 37.3 Å². The lowest BCUT2D eigenvalue weighted by atomic mass is 9.90. The van der Waals surface area contributed by atoms with E-state index in [-0.39, 0.29) is 24.0 Å². The molecule has 0 fully saturated rings. The molecule has 0 saturated heterocycles. The number of ether oxygens (including phenoxy) is 2. The van der Waals surface area contributed by atoms with E-state index in [0.717, 1.165) is 30.4 Å². The van der Waals surface area contributed by atoms with Crippen LogP contribution in [0.5, 0.6) is 0 Å². The standard InChI is InChI=1S/C24H28O4/c1-5-27-24(26)20-15-13-19(14-16-20)10-6-7-11-21-18(4)9-8-12-22(21)28-23(25)17(2)3/h7,11,13-17,22H,5,8-9,12H2,1-4H3/b11-7+. The van der Waals surface area contributed by atoms with Crippen molar-refractivity contribution in [3.05, 3.63) is 58.7 Å². The van der Waals surface area contributed by atoms with Gasteiger partial charge in [0.05, 0.1) is 18.1 Å². The smallest absolute Gasteiger partial charge is 0.338 e. The molecule has 2 rings (SSSR count). The van der Waals surface area contributed by atoms with Gasteiger partial charge in [-0.2, -0.15) is 0 Å². The summed E-state index contributed by atoms with van der Waals surface area (Å²) in [6, 6.07) is 7.01. The van der Waals surface area contributed by atoms with Gasteiger partial charge in [-0.15, -0.1) is 0 Å². The van der Waals surface area contributed by atoms with Crippen LogP contribution in [0.2, 0.25) is 0 Å². The topological polar surface area (TPSA) is 52.6 Å². The molecular weight excluding hydrogens is 352 g/mol. The van der Waals surface area contributed by atoms with Gasteiger partial charge in [0, 0.05) is 5.56 Å². The zero-order valence-electron chi connectivity index (χ0n) is 17.1. The average Bonchev–Trinajstić information content (AvgIpc) is 2.67. The molecule has 4 heteroatoms. The second kappa shape index (κ2) is 10.5. The lowest BCUT2D eigenvalue weighted by Crippen LogP contribution is -2.25. The molecule has 0 saturated carbocycles. The fourth-order valence-electron chi connectivity index (χ4n) is 2.94. The second-order valence-corrected chi connectivity index (χ2v) is 7.11. The van der Waals surface area contributed by atoms with Crippen LogP contribution in [0.3, 0.4) is 0 Å². The van der Waals surface area contributed by atoms with Crippen LogP contribution in [0, 0.1) is 17.8 Å². The van der Waals surface area contributed by atoms with Crippen molar-refractivity contribution in [3.63, 3.8) is 0 Å². The van der Waals surface area contributed by atoms with Gasteiger partial charge in [-0.25, -0.2) is 4.79 Å². The summed E-state index contributed by atoms with van der Waals surface area (Å²) in [4.78, 5) is 23.6. The third-order valence-corrected chi connectivity index (χ3v) is 4.55. The first kappa shape index (κ1) is 21.5. The van der Waals surface area contributed by atoms with Crippen LogP contribution in [-0.2, 0) is 14.3 Å². The third kappa shape index (κ3) is 6.13. The highest BCUT2D eigenvalue weighted by Gasteiger charge is 2.24. The van der Waals surface area contributed by atoms with Crippen molar-refractivity contribution in [1.82, 2.24) is 0 Å². The van der Waals surface area contributed by atoms with Crippen molar-refractivity contribution in [1.29, 1.82) is 0 Å². The van der Waals surface area contributed by atoms with Gasteiger partial charge in [-0.05, 0) is 75.1 Å². The van der Waals surface area contributed by atoms with Gasteiger partial charge >= 0.3 is 11.9 Å². The summed E-state index contributed by atoms with van der Waals surface area (Å²) in [5.74, 6) is 5.44. The summed E-state index contributed by atoms with van der Waals surface area (Å²) in [6.07, 6.45) is 6.44. The van der Waals surface area contributed by atoms with Gasteiger partial charge in [0.15, 0.2) is 0 Å². The highest BCUT2D eigenvalue weighted by molar-refractivity contribution is 5.89. The summed E-state index contributed by atoms with van der Waals surface area (Å²) >= 11 is 0. The van der Waals surface area contributed by atoms with Crippen LogP contribution in [0.15, 0.2) is 47.6 Å². The number of allylic oxidation sites excluding steroid dienone is 2. The van der Waals surface area contributed by atoms with Crippen molar-refractivity contribution >= 4 is 11.9 Å². The van der Waals surface area contributed by atoms with Crippen LogP contribution < -0.4 is 0 Å². The van der Waals surface area contributed by atoms with E-state index in [2.05, 4.69) is 18.8 Å². The fraction of sp³-hybridized carbons (Fsp3) is 0.417. The summed E-state index contributed by atoms with van der Waals surface area (Å²) in [5, 5.41) is 0. The predicted octanol–water partition coefficient (Wildman–Crippen LogP) is 4.84. The van der Waals surface area contributed by atoms with E-state index in [1.165, 1.54) is 5.57 Å². The van der Waals surface area contributed by atoms with Gasteiger partial charge in [0.2, 0.25) is 0 Å². The monoisotopic (exact) mass is 380 g/mol. The Hall–Kier alpha value is -2.80. The number of esters is 2. The normalized spacial score (nSPS) is 16.7. The summed E-state index contributed by atoms with van der Waals surface area (Å²) < 4.78 is 10.6. The van der Waals surface area contributed by atoms with E-state index in [0.29, 0.717) is 12.2 Å². The van der Waals surface area contributed by atoms with Crippen molar-refractivity contribution in [2.75, 3.05) is 6.61 Å². The molecule has 1 atom stereocenters. The number of rotatable bonds is 5. The lowest BCUT2D eigenvalue weighted by molar-refractivity contribution is -0.151. The molecule has 1 aliphatic rings. The molecule has 1 aromatic carbocycles. The van der Waals surface area contributed by atoms with Crippen LogP contribution in [0.4, 0.5) is 0 Å². The van der Waals surface area contributed by atoms with Crippen LogP contribution >= 0.6 is 0 Å². The molecule has 1 aromatic rings. The number of carbonyl (C=O) groups excluding carboxylic acids is 2. The highest BCUT2D eigenvalue weighted by Crippen LogP contribution is 2.28. The third-order valence-electron chi connectivity index (χ3n) is 4.55. The van der Waals surface area contributed by atoms with Crippen molar-refractivity contribution in [2.45, 2.75) is 53.1 Å². The van der Waals surface area contributed by atoms with Crippen LogP contribution in [0.1, 0.15) is 62.9 Å². The number of hydrogen-bond acceptors (Lipinski definition) is 4. The summed E-state index contributed by atoms with van der Waals surface area (Å²) in [5.41, 5.74) is 3.62. The zero-order chi connectivity index (χ0) is 20.5. The molecule has 0 spiro atoms. The highest BCUT2D eigenvalue weighted by atomic mass is 16.5. The predicted molar refractivity (Wildman–Crippen MR) is 110 cm³/mol. The van der Waals surface area contributed by atoms with Crippen molar-refractivity contribution in [3.8, 4) is 11.8 Å². The Kier molecular flexibility index (Phi) is 8.07. The Morgan fingerprint density at radius 2 is 1.96 bits per heavy atom. The molecule has 0 aromatic heterocycles. The number of benzene rings is 1. The van der Waals surface area contributed by atoms with Gasteiger partial charge in [0.1, 0.15) is 6.10 Å². The molecule has 4 nitrogen and oxygen atoms in total. The largest absolute Gasteiger partial charge is 0.462 e. The SMILES string of the molecule is CCOC(=O)c1ccc(C#C/C=C/C2=C(C)CCCC2OC(=O)C(C)C)cc1. The first-order valence-electron chi connectivity index (χ1n) is 9.77. The van der Waals surface area contributed by atoms with E-state index in [1.807, 2.05) is 19.9 Å². The molecule has 0 N–H and O–H groups in total. The van der Waals surface area contributed by atoms with Crippen LogP contribution in [0.25, 0.3) is 0 Å². The Morgan fingerprint density at radius 1 is 1.25 bits per heavy atom. The molecule has 1 unspecified atom stereocenters. The van der Waals surface area contributed by atoms with E-state index >= 15 is 0 Å². The number of hydrogen-bond donors (Lipinski definition) is 0. The average molecular weight is 380 g/mol. The maximum absolute atomic E-state index is 12.0. The molecule has 0 amide bonds. The van der Waals surface area contributed by atoms with Gasteiger partial charge in [0.25, 0.3) is 0 Å². The molecule has 1 aliphatic carbocycles. The Morgan fingerprint density at radius 3 is 2.61 bits per heavy atom. The van der Waals surface area contributed by atoms with Gasteiger partial charge < -0.3 is 9.47 Å². The first-order chi connectivity index (χ1) is 13.4. The maximum atomic E-state index is 12.0. The number of carbonyl (C=O) groups is 2. The Labute approximate surface area is 167 Å². The van der Waals surface area contributed by atoms with E-state index < -0.39 is 0 Å². The quantitative estimate of drug-likeness (QED) is 0.542. The van der Waals surface area contributed by atoms with E-state index in [4.69, 9.17) is 9.47 Å². The molecule has 0 radical (unpaired) electrons. The fourth-order valence-corrected chi connectivity index (χ4v) is 2.94. The van der Waals surface area contributed by atoms with Gasteiger partial charge in [-0.1, -0.05) is 31.3 Å². The Bertz CT molecular complexity index is 816. The lowest BCUT2D eigenvalue weighted by Gasteiger charge is -2.26. The molecule has 148 valence electrons. The zero-order valence-corrected chi connectivity index (χ0v) is 17.1. The molecule has 0 aliphatic heterocycles. The minimum atomic E-state index is -0.330. The first-order valence-corrected chi connectivity index (χ1v) is 9.77. The van der Waals surface area contributed by atoms with Crippen molar-refractivity contribution in [2.24, 2.45) is 5.92 Å². The maximum Gasteiger partial charge on any atom is 0.338 e. The van der Waals surface area contributed by atoms with Crippen molar-refractivity contribution < 1.29 is 19.1 Å². The van der Waals surface area contributed by atoms with E-state index in [9.17, 15) is 9.59 Å². The molecule has 0 heterocycles. The molecular formula is C24H28O4. The second-order valence-electron chi connectivity index (χ2n) is 7.11.